The van der Waals surface area contributed by atoms with Crippen molar-refractivity contribution in [2.45, 2.75) is 17.8 Å². The molecule has 0 aliphatic rings. The highest BCUT2D eigenvalue weighted by Gasteiger charge is 2.09. The molecule has 0 spiro atoms. The van der Waals surface area contributed by atoms with Crippen molar-refractivity contribution in [1.82, 2.24) is 9.97 Å². The van der Waals surface area contributed by atoms with E-state index in [0.29, 0.717) is 0 Å². The second kappa shape index (κ2) is 8.19. The van der Waals surface area contributed by atoms with Crippen molar-refractivity contribution >= 4 is 11.8 Å². The Kier molecular flexibility index (Phi) is 5.31. The van der Waals surface area contributed by atoms with Crippen LogP contribution in [0.1, 0.15) is 11.1 Å². The molecule has 4 aromatic rings. The van der Waals surface area contributed by atoms with Crippen LogP contribution in [0.5, 0.6) is 0 Å². The molecule has 0 saturated carbocycles. The number of nitrogens with zero attached hydrogens (tertiary/aromatic N) is 2. The van der Waals surface area contributed by atoms with Crippen molar-refractivity contribution in [3.8, 4) is 22.5 Å². The molecule has 0 N–H and O–H groups in total. The zero-order valence-electron chi connectivity index (χ0n) is 15.2. The molecule has 3 heteroatoms. The molecule has 0 atom stereocenters. The van der Waals surface area contributed by atoms with Crippen molar-refractivity contribution in [1.29, 1.82) is 0 Å². The quantitative estimate of drug-likeness (QED) is 0.301. The molecule has 27 heavy (non-hydrogen) atoms. The first-order valence-electron chi connectivity index (χ1n) is 8.96. The Morgan fingerprint density at radius 2 is 1.22 bits per heavy atom. The van der Waals surface area contributed by atoms with Crippen LogP contribution in [0.4, 0.5) is 0 Å². The fourth-order valence-corrected chi connectivity index (χ4v) is 3.65. The number of hydrogen-bond donors (Lipinski definition) is 0. The van der Waals surface area contributed by atoms with E-state index in [1.807, 2.05) is 24.3 Å². The number of thioether (sulfide) groups is 1. The normalized spacial score (nSPS) is 10.7. The van der Waals surface area contributed by atoms with Crippen LogP contribution in [-0.4, -0.2) is 9.97 Å². The van der Waals surface area contributed by atoms with Crippen LogP contribution in [0.25, 0.3) is 22.5 Å². The van der Waals surface area contributed by atoms with Gasteiger partial charge >= 0.3 is 0 Å². The zero-order chi connectivity index (χ0) is 18.5. The summed E-state index contributed by atoms with van der Waals surface area (Å²) in [6.45, 7) is 2.10. The summed E-state index contributed by atoms with van der Waals surface area (Å²) >= 11 is 1.67. The SMILES string of the molecule is Cc1ccc(-c2cc(-c3ccccc3)nc(SCc3ccccc3)n2)cc1. The van der Waals surface area contributed by atoms with E-state index in [4.69, 9.17) is 9.97 Å². The summed E-state index contributed by atoms with van der Waals surface area (Å²) < 4.78 is 0. The molecule has 0 radical (unpaired) electrons. The lowest BCUT2D eigenvalue weighted by molar-refractivity contribution is 0.978. The Labute approximate surface area is 164 Å². The van der Waals surface area contributed by atoms with Gasteiger partial charge in [-0.15, -0.1) is 0 Å². The number of aromatic nitrogens is 2. The predicted octanol–water partition coefficient (Wildman–Crippen LogP) is 6.41. The van der Waals surface area contributed by atoms with Crippen LogP contribution >= 0.6 is 11.8 Å². The third-order valence-corrected chi connectivity index (χ3v) is 5.25. The number of rotatable bonds is 5. The highest BCUT2D eigenvalue weighted by molar-refractivity contribution is 7.98. The van der Waals surface area contributed by atoms with Crippen LogP contribution in [0, 0.1) is 6.92 Å². The molecule has 0 aliphatic carbocycles. The lowest BCUT2D eigenvalue weighted by atomic mass is 10.1. The van der Waals surface area contributed by atoms with E-state index in [-0.39, 0.29) is 0 Å². The first-order valence-corrected chi connectivity index (χ1v) is 9.95. The van der Waals surface area contributed by atoms with E-state index in [1.165, 1.54) is 11.1 Å². The largest absolute Gasteiger partial charge is 0.222 e. The summed E-state index contributed by atoms with van der Waals surface area (Å²) in [5.41, 5.74) is 6.65. The molecule has 1 aromatic heterocycles. The predicted molar refractivity (Wildman–Crippen MR) is 114 cm³/mol. The van der Waals surface area contributed by atoms with Crippen molar-refractivity contribution in [3.63, 3.8) is 0 Å². The highest BCUT2D eigenvalue weighted by atomic mass is 32.2. The van der Waals surface area contributed by atoms with E-state index < -0.39 is 0 Å². The van der Waals surface area contributed by atoms with Crippen molar-refractivity contribution in [2.75, 3.05) is 0 Å². The van der Waals surface area contributed by atoms with Crippen LogP contribution < -0.4 is 0 Å². The van der Waals surface area contributed by atoms with E-state index in [9.17, 15) is 0 Å². The molecule has 1 heterocycles. The molecular formula is C24H20N2S. The Balaban J connectivity index is 1.71. The maximum atomic E-state index is 4.83. The van der Waals surface area contributed by atoms with Gasteiger partial charge in [0, 0.05) is 16.9 Å². The van der Waals surface area contributed by atoms with Gasteiger partial charge in [0.2, 0.25) is 0 Å². The standard InChI is InChI=1S/C24H20N2S/c1-18-12-14-21(15-13-18)23-16-22(20-10-6-3-7-11-20)25-24(26-23)27-17-19-8-4-2-5-9-19/h2-16H,17H2,1H3. The van der Waals surface area contributed by atoms with Gasteiger partial charge in [0.1, 0.15) is 0 Å². The smallest absolute Gasteiger partial charge is 0.189 e. The lowest BCUT2D eigenvalue weighted by Gasteiger charge is -2.09. The average molecular weight is 369 g/mol. The summed E-state index contributed by atoms with van der Waals surface area (Å²) in [4.78, 5) is 9.64. The number of hydrogen-bond acceptors (Lipinski definition) is 3. The molecule has 0 aliphatic heterocycles. The third-order valence-electron chi connectivity index (χ3n) is 4.33. The Morgan fingerprint density at radius 1 is 0.667 bits per heavy atom. The van der Waals surface area contributed by atoms with Crippen molar-refractivity contribution in [3.05, 3.63) is 102 Å². The van der Waals surface area contributed by atoms with Gasteiger partial charge < -0.3 is 0 Å². The summed E-state index contributed by atoms with van der Waals surface area (Å²) in [6, 6.07) is 31.3. The molecule has 0 saturated heterocycles. The zero-order valence-corrected chi connectivity index (χ0v) is 16.0. The second-order valence-corrected chi connectivity index (χ2v) is 7.37. The maximum Gasteiger partial charge on any atom is 0.189 e. The Bertz CT molecular complexity index is 1010. The van der Waals surface area contributed by atoms with E-state index >= 15 is 0 Å². The fourth-order valence-electron chi connectivity index (χ4n) is 2.84. The van der Waals surface area contributed by atoms with Crippen molar-refractivity contribution < 1.29 is 0 Å². The monoisotopic (exact) mass is 368 g/mol. The van der Waals surface area contributed by atoms with Crippen molar-refractivity contribution in [2.24, 2.45) is 0 Å². The minimum atomic E-state index is 0.802. The van der Waals surface area contributed by atoms with Gasteiger partial charge in [-0.25, -0.2) is 9.97 Å². The summed E-state index contributed by atoms with van der Waals surface area (Å²) in [6.07, 6.45) is 0. The summed E-state index contributed by atoms with van der Waals surface area (Å²) in [7, 11) is 0. The molecular weight excluding hydrogens is 348 g/mol. The first-order chi connectivity index (χ1) is 13.3. The molecule has 4 rings (SSSR count). The minimum Gasteiger partial charge on any atom is -0.222 e. The third kappa shape index (κ3) is 4.44. The number of benzene rings is 3. The molecule has 132 valence electrons. The second-order valence-electron chi connectivity index (χ2n) is 6.43. The minimum absolute atomic E-state index is 0.802. The van der Waals surface area contributed by atoms with Gasteiger partial charge in [-0.3, -0.25) is 0 Å². The molecule has 0 bridgehead atoms. The van der Waals surface area contributed by atoms with Crippen LogP contribution in [-0.2, 0) is 5.75 Å². The topological polar surface area (TPSA) is 25.8 Å². The van der Waals surface area contributed by atoms with Crippen LogP contribution in [0.2, 0.25) is 0 Å². The molecule has 2 nitrogen and oxygen atoms in total. The van der Waals surface area contributed by atoms with E-state index in [0.717, 1.165) is 33.4 Å². The van der Waals surface area contributed by atoms with Crippen LogP contribution in [0.15, 0.2) is 96.2 Å². The van der Waals surface area contributed by atoms with Gasteiger partial charge in [0.25, 0.3) is 0 Å². The maximum absolute atomic E-state index is 4.83. The summed E-state index contributed by atoms with van der Waals surface area (Å²) in [5.74, 6) is 0.854. The first kappa shape index (κ1) is 17.5. The van der Waals surface area contributed by atoms with Gasteiger partial charge in [-0.1, -0.05) is 102 Å². The average Bonchev–Trinajstić information content (AvgIpc) is 2.74. The Morgan fingerprint density at radius 3 is 1.85 bits per heavy atom. The molecule has 3 aromatic carbocycles. The fraction of sp³-hybridized carbons (Fsp3) is 0.0833. The van der Waals surface area contributed by atoms with Gasteiger partial charge in [0.05, 0.1) is 11.4 Å². The van der Waals surface area contributed by atoms with Crippen LogP contribution in [0.3, 0.4) is 0 Å². The van der Waals surface area contributed by atoms with E-state index in [1.54, 1.807) is 11.8 Å². The number of aryl methyl sites for hydroxylation is 1. The molecule has 0 amide bonds. The molecule has 0 unspecified atom stereocenters. The highest BCUT2D eigenvalue weighted by Crippen LogP contribution is 2.28. The van der Waals surface area contributed by atoms with Gasteiger partial charge in [-0.2, -0.15) is 0 Å². The van der Waals surface area contributed by atoms with E-state index in [2.05, 4.69) is 73.7 Å². The lowest BCUT2D eigenvalue weighted by Crippen LogP contribution is -1.95. The summed E-state index contributed by atoms with van der Waals surface area (Å²) in [5, 5.41) is 0.802. The Hall–Kier alpha value is -2.91. The van der Waals surface area contributed by atoms with Gasteiger partial charge in [0.15, 0.2) is 5.16 Å². The molecule has 0 fully saturated rings. The van der Waals surface area contributed by atoms with Gasteiger partial charge in [-0.05, 0) is 18.6 Å².